The minimum atomic E-state index is -0.408. The zero-order valence-electron chi connectivity index (χ0n) is 13.2. The van der Waals surface area contributed by atoms with Gasteiger partial charge in [-0.25, -0.2) is 4.79 Å². The second-order valence-electron chi connectivity index (χ2n) is 5.81. The highest BCUT2D eigenvalue weighted by Gasteiger charge is 2.28. The van der Waals surface area contributed by atoms with Crippen molar-refractivity contribution < 1.29 is 13.9 Å². The van der Waals surface area contributed by atoms with Crippen LogP contribution in [0.3, 0.4) is 0 Å². The maximum absolute atomic E-state index is 12.3. The first-order valence-electron chi connectivity index (χ1n) is 7.74. The SMILES string of the molecule is CC1NCCN(C(=O)COc2ccc3ccc(=O)oc3c2)C1C. The quantitative estimate of drug-likeness (QED) is 0.866. The van der Waals surface area contributed by atoms with Crippen LogP contribution < -0.4 is 15.7 Å². The second-order valence-corrected chi connectivity index (χ2v) is 5.81. The Morgan fingerprint density at radius 2 is 2.13 bits per heavy atom. The molecule has 1 aliphatic rings. The van der Waals surface area contributed by atoms with Crippen LogP contribution in [0.1, 0.15) is 13.8 Å². The minimum Gasteiger partial charge on any atom is -0.484 e. The smallest absolute Gasteiger partial charge is 0.336 e. The van der Waals surface area contributed by atoms with Crippen molar-refractivity contribution in [2.75, 3.05) is 19.7 Å². The van der Waals surface area contributed by atoms with Crippen molar-refractivity contribution in [2.24, 2.45) is 0 Å². The molecule has 2 aromatic rings. The Balaban J connectivity index is 1.68. The molecule has 23 heavy (non-hydrogen) atoms. The molecule has 2 heterocycles. The number of hydrogen-bond acceptors (Lipinski definition) is 5. The highest BCUT2D eigenvalue weighted by molar-refractivity contribution is 5.79. The number of fused-ring (bicyclic) bond motifs is 1. The van der Waals surface area contributed by atoms with Crippen molar-refractivity contribution in [2.45, 2.75) is 25.9 Å². The fourth-order valence-corrected chi connectivity index (χ4v) is 2.77. The molecule has 3 rings (SSSR count). The summed E-state index contributed by atoms with van der Waals surface area (Å²) in [6, 6.07) is 8.66. The maximum Gasteiger partial charge on any atom is 0.336 e. The van der Waals surface area contributed by atoms with Gasteiger partial charge in [0.25, 0.3) is 5.91 Å². The van der Waals surface area contributed by atoms with Crippen molar-refractivity contribution in [3.63, 3.8) is 0 Å². The van der Waals surface area contributed by atoms with Crippen molar-refractivity contribution in [3.05, 3.63) is 40.8 Å². The van der Waals surface area contributed by atoms with Gasteiger partial charge in [-0.15, -0.1) is 0 Å². The Kier molecular flexibility index (Phi) is 4.34. The van der Waals surface area contributed by atoms with Crippen LogP contribution in [0.2, 0.25) is 0 Å². The van der Waals surface area contributed by atoms with Gasteiger partial charge in [0.05, 0.1) is 0 Å². The number of carbonyl (C=O) groups excluding carboxylic acids is 1. The van der Waals surface area contributed by atoms with Gasteiger partial charge in [-0.05, 0) is 32.0 Å². The van der Waals surface area contributed by atoms with E-state index in [2.05, 4.69) is 12.2 Å². The third-order valence-corrected chi connectivity index (χ3v) is 4.31. The predicted molar refractivity (Wildman–Crippen MR) is 86.6 cm³/mol. The second kappa shape index (κ2) is 6.42. The van der Waals surface area contributed by atoms with Crippen LogP contribution in [-0.4, -0.2) is 42.6 Å². The van der Waals surface area contributed by atoms with Crippen LogP contribution in [0.25, 0.3) is 11.0 Å². The van der Waals surface area contributed by atoms with E-state index in [9.17, 15) is 9.59 Å². The van der Waals surface area contributed by atoms with Gasteiger partial charge in [-0.3, -0.25) is 4.79 Å². The lowest BCUT2D eigenvalue weighted by Gasteiger charge is -2.38. The molecule has 0 saturated carbocycles. The maximum atomic E-state index is 12.3. The first-order valence-corrected chi connectivity index (χ1v) is 7.74. The number of piperazine rings is 1. The molecule has 1 aromatic heterocycles. The summed E-state index contributed by atoms with van der Waals surface area (Å²) in [4.78, 5) is 25.4. The normalized spacial score (nSPS) is 21.4. The fourth-order valence-electron chi connectivity index (χ4n) is 2.77. The van der Waals surface area contributed by atoms with Crippen molar-refractivity contribution in [1.29, 1.82) is 0 Å². The molecule has 1 aromatic carbocycles. The first-order chi connectivity index (χ1) is 11.0. The molecule has 1 amide bonds. The van der Waals surface area contributed by atoms with Crippen molar-refractivity contribution >= 4 is 16.9 Å². The third-order valence-electron chi connectivity index (χ3n) is 4.31. The van der Waals surface area contributed by atoms with Gasteiger partial charge in [0.2, 0.25) is 0 Å². The Hall–Kier alpha value is -2.34. The summed E-state index contributed by atoms with van der Waals surface area (Å²) in [5.41, 5.74) is 0.0426. The molecule has 1 N–H and O–H groups in total. The van der Waals surface area contributed by atoms with Crippen LogP contribution in [-0.2, 0) is 4.79 Å². The number of carbonyl (C=O) groups is 1. The Labute approximate surface area is 134 Å². The minimum absolute atomic E-state index is 0.0281. The molecule has 122 valence electrons. The van der Waals surface area contributed by atoms with Gasteiger partial charge in [0.15, 0.2) is 6.61 Å². The van der Waals surface area contributed by atoms with Crippen LogP contribution in [0.4, 0.5) is 0 Å². The summed E-state index contributed by atoms with van der Waals surface area (Å²) in [6.07, 6.45) is 0. The van der Waals surface area contributed by atoms with Crippen LogP contribution in [0.5, 0.6) is 5.75 Å². The average molecular weight is 316 g/mol. The number of amides is 1. The van der Waals surface area contributed by atoms with Gasteiger partial charge < -0.3 is 19.4 Å². The highest BCUT2D eigenvalue weighted by Crippen LogP contribution is 2.19. The zero-order chi connectivity index (χ0) is 16.4. The molecular formula is C17H20N2O4. The zero-order valence-corrected chi connectivity index (χ0v) is 13.2. The van der Waals surface area contributed by atoms with Gasteiger partial charge in [0.1, 0.15) is 11.3 Å². The largest absolute Gasteiger partial charge is 0.484 e. The fraction of sp³-hybridized carbons (Fsp3) is 0.412. The Morgan fingerprint density at radius 1 is 1.35 bits per heavy atom. The summed E-state index contributed by atoms with van der Waals surface area (Å²) in [7, 11) is 0. The lowest BCUT2D eigenvalue weighted by molar-refractivity contribution is -0.137. The molecular weight excluding hydrogens is 296 g/mol. The van der Waals surface area contributed by atoms with Gasteiger partial charge in [0, 0.05) is 42.7 Å². The number of hydrogen-bond donors (Lipinski definition) is 1. The Bertz CT molecular complexity index is 771. The van der Waals surface area contributed by atoms with E-state index in [1.807, 2.05) is 11.8 Å². The molecule has 1 aliphatic heterocycles. The van der Waals surface area contributed by atoms with E-state index < -0.39 is 5.63 Å². The number of nitrogens with zero attached hydrogens (tertiary/aromatic N) is 1. The average Bonchev–Trinajstić information content (AvgIpc) is 2.54. The number of nitrogens with one attached hydrogen (secondary N) is 1. The molecule has 2 atom stereocenters. The van der Waals surface area contributed by atoms with Crippen molar-refractivity contribution in [1.82, 2.24) is 10.2 Å². The lowest BCUT2D eigenvalue weighted by Crippen LogP contribution is -2.58. The molecule has 6 heteroatoms. The summed E-state index contributed by atoms with van der Waals surface area (Å²) >= 11 is 0. The van der Waals surface area contributed by atoms with E-state index in [0.717, 1.165) is 11.9 Å². The van der Waals surface area contributed by atoms with E-state index in [0.29, 0.717) is 17.9 Å². The molecule has 6 nitrogen and oxygen atoms in total. The molecule has 0 radical (unpaired) electrons. The van der Waals surface area contributed by atoms with E-state index in [1.54, 1.807) is 24.3 Å². The highest BCUT2D eigenvalue weighted by atomic mass is 16.5. The van der Waals surface area contributed by atoms with E-state index in [1.165, 1.54) is 6.07 Å². The number of benzene rings is 1. The topological polar surface area (TPSA) is 71.8 Å². The summed E-state index contributed by atoms with van der Waals surface area (Å²) < 4.78 is 10.7. The standard InChI is InChI=1S/C17H20N2O4/c1-11-12(2)19(8-7-18-11)16(20)10-22-14-5-3-13-4-6-17(21)23-15(13)9-14/h3-6,9,11-12,18H,7-8,10H2,1-2H3. The summed E-state index contributed by atoms with van der Waals surface area (Å²) in [6.45, 7) is 5.54. The molecule has 1 saturated heterocycles. The Morgan fingerprint density at radius 3 is 2.96 bits per heavy atom. The van der Waals surface area contributed by atoms with Gasteiger partial charge in [-0.2, -0.15) is 0 Å². The number of rotatable bonds is 3. The van der Waals surface area contributed by atoms with Crippen molar-refractivity contribution in [3.8, 4) is 5.75 Å². The molecule has 0 aliphatic carbocycles. The van der Waals surface area contributed by atoms with Crippen LogP contribution >= 0.6 is 0 Å². The van der Waals surface area contributed by atoms with E-state index >= 15 is 0 Å². The predicted octanol–water partition coefficient (Wildman–Crippen LogP) is 1.38. The molecule has 0 spiro atoms. The summed E-state index contributed by atoms with van der Waals surface area (Å²) in [5.74, 6) is 0.469. The van der Waals surface area contributed by atoms with Gasteiger partial charge >= 0.3 is 5.63 Å². The molecule has 1 fully saturated rings. The van der Waals surface area contributed by atoms with Gasteiger partial charge in [-0.1, -0.05) is 0 Å². The van der Waals surface area contributed by atoms with E-state index in [4.69, 9.17) is 9.15 Å². The van der Waals surface area contributed by atoms with Crippen LogP contribution in [0, 0.1) is 0 Å². The summed E-state index contributed by atoms with van der Waals surface area (Å²) in [5, 5.41) is 4.15. The molecule has 0 bridgehead atoms. The van der Waals surface area contributed by atoms with E-state index in [-0.39, 0.29) is 24.6 Å². The lowest BCUT2D eigenvalue weighted by atomic mass is 10.1. The van der Waals surface area contributed by atoms with Crippen LogP contribution in [0.15, 0.2) is 39.5 Å². The monoisotopic (exact) mass is 316 g/mol. The third kappa shape index (κ3) is 3.37. The molecule has 2 unspecified atom stereocenters. The first kappa shape index (κ1) is 15.6. The number of ether oxygens (including phenoxy) is 1.